The van der Waals surface area contributed by atoms with Crippen molar-refractivity contribution < 1.29 is 14.3 Å². The zero-order valence-electron chi connectivity index (χ0n) is 10.1. The van der Waals surface area contributed by atoms with E-state index in [0.717, 1.165) is 11.8 Å². The van der Waals surface area contributed by atoms with Gasteiger partial charge in [0.25, 0.3) is 11.8 Å². The lowest BCUT2D eigenvalue weighted by molar-refractivity contribution is 0.112. The molecule has 0 saturated carbocycles. The maximum Gasteiger partial charge on any atom is 0.278 e. The fourth-order valence-electron chi connectivity index (χ4n) is 1.51. The molecule has 5 nitrogen and oxygen atoms in total. The van der Waals surface area contributed by atoms with E-state index in [1.807, 2.05) is 0 Å². The van der Waals surface area contributed by atoms with E-state index in [9.17, 15) is 4.79 Å². The normalized spacial score (nSPS) is 9.89. The first kappa shape index (κ1) is 12.0. The molecule has 2 rings (SSSR count). The number of aldehydes is 1. The van der Waals surface area contributed by atoms with Crippen molar-refractivity contribution in [1.29, 1.82) is 0 Å². The van der Waals surface area contributed by atoms with E-state index in [1.54, 1.807) is 30.5 Å². The van der Waals surface area contributed by atoms with Gasteiger partial charge < -0.3 is 9.47 Å². The highest BCUT2D eigenvalue weighted by molar-refractivity contribution is 5.76. The minimum Gasteiger partial charge on any atom is -0.477 e. The van der Waals surface area contributed by atoms with Gasteiger partial charge in [-0.15, -0.1) is 0 Å². The molecule has 0 fully saturated rings. The fraction of sp³-hybridized carbons (Fsp3) is 0.154. The Hall–Kier alpha value is -2.43. The first-order chi connectivity index (χ1) is 8.78. The first-order valence-corrected chi connectivity index (χ1v) is 5.29. The maximum absolute atomic E-state index is 10.6. The quantitative estimate of drug-likeness (QED) is 0.769. The van der Waals surface area contributed by atoms with Crippen LogP contribution in [-0.4, -0.2) is 30.5 Å². The minimum absolute atomic E-state index is 0.328. The molecule has 1 aromatic heterocycles. The second-order valence-electron chi connectivity index (χ2n) is 3.51. The number of hydrogen-bond donors (Lipinski definition) is 0. The SMILES string of the molecule is COc1ncc(-c2ccc(C=O)cc2)nc1OC. The second kappa shape index (κ2) is 5.27. The van der Waals surface area contributed by atoms with Crippen LogP contribution in [0.1, 0.15) is 10.4 Å². The highest BCUT2D eigenvalue weighted by Gasteiger charge is 2.09. The summed E-state index contributed by atoms with van der Waals surface area (Å²) in [7, 11) is 3.01. The maximum atomic E-state index is 10.6. The Bertz CT molecular complexity index is 553. The molecule has 92 valence electrons. The summed E-state index contributed by atoms with van der Waals surface area (Å²) in [4.78, 5) is 19.0. The average Bonchev–Trinajstić information content (AvgIpc) is 2.46. The predicted octanol–water partition coefficient (Wildman–Crippen LogP) is 1.97. The lowest BCUT2D eigenvalue weighted by atomic mass is 10.1. The van der Waals surface area contributed by atoms with Crippen LogP contribution in [0.2, 0.25) is 0 Å². The molecular weight excluding hydrogens is 232 g/mol. The fourth-order valence-corrected chi connectivity index (χ4v) is 1.51. The zero-order valence-corrected chi connectivity index (χ0v) is 10.1. The Labute approximate surface area is 104 Å². The van der Waals surface area contributed by atoms with E-state index < -0.39 is 0 Å². The van der Waals surface area contributed by atoms with Crippen molar-refractivity contribution in [2.75, 3.05) is 14.2 Å². The van der Waals surface area contributed by atoms with Crippen molar-refractivity contribution in [2.24, 2.45) is 0 Å². The largest absolute Gasteiger partial charge is 0.477 e. The van der Waals surface area contributed by atoms with Gasteiger partial charge >= 0.3 is 0 Å². The van der Waals surface area contributed by atoms with Gasteiger partial charge in [-0.2, -0.15) is 0 Å². The summed E-state index contributed by atoms with van der Waals surface area (Å²) in [6.45, 7) is 0. The molecule has 1 heterocycles. The molecule has 18 heavy (non-hydrogen) atoms. The monoisotopic (exact) mass is 244 g/mol. The van der Waals surface area contributed by atoms with Gasteiger partial charge in [0.2, 0.25) is 0 Å². The molecular formula is C13H12N2O3. The van der Waals surface area contributed by atoms with Crippen LogP contribution < -0.4 is 9.47 Å². The average molecular weight is 244 g/mol. The van der Waals surface area contributed by atoms with Gasteiger partial charge in [0.05, 0.1) is 26.1 Å². The van der Waals surface area contributed by atoms with Crippen LogP contribution in [0.3, 0.4) is 0 Å². The molecule has 0 atom stereocenters. The van der Waals surface area contributed by atoms with Crippen LogP contribution in [0.5, 0.6) is 11.8 Å². The van der Waals surface area contributed by atoms with Crippen LogP contribution in [0.4, 0.5) is 0 Å². The summed E-state index contributed by atoms with van der Waals surface area (Å²) in [5, 5.41) is 0. The molecule has 0 aliphatic heterocycles. The number of nitrogens with zero attached hydrogens (tertiary/aromatic N) is 2. The third-order valence-electron chi connectivity index (χ3n) is 2.44. The van der Waals surface area contributed by atoms with Crippen molar-refractivity contribution in [1.82, 2.24) is 9.97 Å². The molecule has 0 radical (unpaired) electrons. The number of carbonyl (C=O) groups is 1. The van der Waals surface area contributed by atoms with E-state index >= 15 is 0 Å². The highest BCUT2D eigenvalue weighted by atomic mass is 16.5. The molecule has 0 saturated heterocycles. The van der Waals surface area contributed by atoms with Gasteiger partial charge in [-0.25, -0.2) is 9.97 Å². The van der Waals surface area contributed by atoms with Crippen molar-refractivity contribution in [3.63, 3.8) is 0 Å². The number of benzene rings is 1. The van der Waals surface area contributed by atoms with Crippen molar-refractivity contribution in [2.45, 2.75) is 0 Å². The first-order valence-electron chi connectivity index (χ1n) is 5.29. The smallest absolute Gasteiger partial charge is 0.278 e. The molecule has 0 N–H and O–H groups in total. The van der Waals surface area contributed by atoms with E-state index in [-0.39, 0.29) is 0 Å². The molecule has 0 bridgehead atoms. The van der Waals surface area contributed by atoms with Crippen LogP contribution in [0.25, 0.3) is 11.3 Å². The van der Waals surface area contributed by atoms with Gasteiger partial charge in [0, 0.05) is 11.1 Å². The predicted molar refractivity (Wildman–Crippen MR) is 66.0 cm³/mol. The van der Waals surface area contributed by atoms with Crippen LogP contribution in [-0.2, 0) is 0 Å². The number of ether oxygens (including phenoxy) is 2. The summed E-state index contributed by atoms with van der Waals surface area (Å²) in [6, 6.07) is 7.06. The number of carbonyl (C=O) groups excluding carboxylic acids is 1. The van der Waals surface area contributed by atoms with E-state index in [0.29, 0.717) is 23.0 Å². The molecule has 0 aliphatic rings. The van der Waals surface area contributed by atoms with Crippen LogP contribution >= 0.6 is 0 Å². The summed E-state index contributed by atoms with van der Waals surface area (Å²) in [6.07, 6.45) is 2.39. The Morgan fingerprint density at radius 3 is 2.28 bits per heavy atom. The zero-order chi connectivity index (χ0) is 13.0. The molecule has 0 spiro atoms. The Balaban J connectivity index is 2.40. The molecule has 0 amide bonds. The number of aromatic nitrogens is 2. The summed E-state index contributed by atoms with van der Waals surface area (Å²) in [5.74, 6) is 0.667. The summed E-state index contributed by atoms with van der Waals surface area (Å²) in [5.41, 5.74) is 2.13. The number of rotatable bonds is 4. The Morgan fingerprint density at radius 2 is 1.72 bits per heavy atom. The van der Waals surface area contributed by atoms with Crippen LogP contribution in [0, 0.1) is 0 Å². The van der Waals surface area contributed by atoms with E-state index in [4.69, 9.17) is 9.47 Å². The van der Waals surface area contributed by atoms with E-state index in [2.05, 4.69) is 9.97 Å². The van der Waals surface area contributed by atoms with E-state index in [1.165, 1.54) is 14.2 Å². The van der Waals surface area contributed by atoms with Gasteiger partial charge in [-0.1, -0.05) is 24.3 Å². The van der Waals surface area contributed by atoms with Crippen molar-refractivity contribution in [3.05, 3.63) is 36.0 Å². The van der Waals surface area contributed by atoms with Crippen LogP contribution in [0.15, 0.2) is 30.5 Å². The Morgan fingerprint density at radius 1 is 1.06 bits per heavy atom. The standard InChI is InChI=1S/C13H12N2O3/c1-17-12-13(18-2)15-11(7-14-12)10-5-3-9(8-16)4-6-10/h3-8H,1-2H3. The minimum atomic E-state index is 0.328. The number of methoxy groups -OCH3 is 2. The molecule has 0 unspecified atom stereocenters. The lowest BCUT2D eigenvalue weighted by Gasteiger charge is -2.07. The lowest BCUT2D eigenvalue weighted by Crippen LogP contribution is -1.97. The van der Waals surface area contributed by atoms with Gasteiger partial charge in [0.1, 0.15) is 6.29 Å². The molecule has 0 aliphatic carbocycles. The van der Waals surface area contributed by atoms with Crippen molar-refractivity contribution in [3.8, 4) is 23.0 Å². The highest BCUT2D eigenvalue weighted by Crippen LogP contribution is 2.25. The molecule has 2 aromatic rings. The third-order valence-corrected chi connectivity index (χ3v) is 2.44. The molecule has 5 heteroatoms. The Kier molecular flexibility index (Phi) is 3.52. The summed E-state index contributed by atoms with van der Waals surface area (Å²) >= 11 is 0. The second-order valence-corrected chi connectivity index (χ2v) is 3.51. The summed E-state index contributed by atoms with van der Waals surface area (Å²) < 4.78 is 10.1. The van der Waals surface area contributed by atoms with Gasteiger partial charge in [-0.05, 0) is 0 Å². The third kappa shape index (κ3) is 2.29. The van der Waals surface area contributed by atoms with Gasteiger partial charge in [0.15, 0.2) is 0 Å². The number of hydrogen-bond acceptors (Lipinski definition) is 5. The van der Waals surface area contributed by atoms with Crippen molar-refractivity contribution >= 4 is 6.29 Å². The van der Waals surface area contributed by atoms with Gasteiger partial charge in [-0.3, -0.25) is 4.79 Å². The molecule has 1 aromatic carbocycles. The topological polar surface area (TPSA) is 61.3 Å².